The summed E-state index contributed by atoms with van der Waals surface area (Å²) >= 11 is 3.64. The van der Waals surface area contributed by atoms with Gasteiger partial charge >= 0.3 is 17.2 Å². The molecule has 0 spiro atoms. The van der Waals surface area contributed by atoms with Crippen LogP contribution in [0.25, 0.3) is 0 Å². The molecule has 0 bridgehead atoms. The van der Waals surface area contributed by atoms with E-state index in [0.717, 1.165) is 10.2 Å². The Morgan fingerprint density at radius 1 is 1.36 bits per heavy atom. The molecule has 0 saturated carbocycles. The number of aliphatic imine (C=N–C) groups is 1. The van der Waals surface area contributed by atoms with Gasteiger partial charge in [0.05, 0.1) is 5.69 Å². The number of halogens is 1. The zero-order valence-corrected chi connectivity index (χ0v) is 7.93. The first-order valence-electron chi connectivity index (χ1n) is 2.89. The fourth-order valence-corrected chi connectivity index (χ4v) is 1.04. The summed E-state index contributed by atoms with van der Waals surface area (Å²) in [5.74, 6) is 0. The van der Waals surface area contributed by atoms with Gasteiger partial charge in [-0.25, -0.2) is 0 Å². The molecule has 11 heavy (non-hydrogen) atoms. The summed E-state index contributed by atoms with van der Waals surface area (Å²) in [4.78, 5) is 3.87. The van der Waals surface area contributed by atoms with Crippen LogP contribution >= 0.6 is 15.9 Å². The highest BCUT2D eigenvalue weighted by molar-refractivity contribution is 9.10. The fraction of sp³-hybridized carbons (Fsp3) is 0. The molecule has 1 aromatic carbocycles. The van der Waals surface area contributed by atoms with Crippen LogP contribution in [0.15, 0.2) is 33.7 Å². The standard InChI is InChI=1S/C7H5BrNOS/c8-6-1-3-7(4-2-6)9-5-11-10/h1-5H/q+1. The lowest BCUT2D eigenvalue weighted by atomic mass is 10.3. The van der Waals surface area contributed by atoms with Gasteiger partial charge in [-0.05, 0) is 24.3 Å². The molecule has 4 heteroatoms. The van der Waals surface area contributed by atoms with Crippen molar-refractivity contribution in [3.05, 3.63) is 28.7 Å². The van der Waals surface area contributed by atoms with Gasteiger partial charge in [0.15, 0.2) is 0 Å². The Morgan fingerprint density at radius 2 is 2.00 bits per heavy atom. The van der Waals surface area contributed by atoms with Crippen LogP contribution < -0.4 is 0 Å². The molecule has 0 amide bonds. The second-order valence-corrected chi connectivity index (χ2v) is 3.13. The van der Waals surface area contributed by atoms with Crippen molar-refractivity contribution in [2.24, 2.45) is 4.99 Å². The maximum Gasteiger partial charge on any atom is 0.518 e. The van der Waals surface area contributed by atoms with E-state index in [0.29, 0.717) is 11.7 Å². The van der Waals surface area contributed by atoms with Crippen molar-refractivity contribution in [3.63, 3.8) is 0 Å². The van der Waals surface area contributed by atoms with Crippen LogP contribution in [0.2, 0.25) is 0 Å². The maximum atomic E-state index is 9.93. The average molecular weight is 231 g/mol. The first-order chi connectivity index (χ1) is 5.33. The van der Waals surface area contributed by atoms with Crippen molar-refractivity contribution < 1.29 is 4.21 Å². The molecule has 1 aromatic rings. The molecule has 0 aliphatic heterocycles. The average Bonchev–Trinajstić information content (AvgIpc) is 2.04. The second kappa shape index (κ2) is 4.31. The van der Waals surface area contributed by atoms with Crippen molar-refractivity contribution in [1.82, 2.24) is 0 Å². The Kier molecular flexibility index (Phi) is 3.32. The third-order valence-electron chi connectivity index (χ3n) is 1.07. The molecule has 0 saturated heterocycles. The molecule has 0 aliphatic carbocycles. The summed E-state index contributed by atoms with van der Waals surface area (Å²) in [5.41, 5.74) is 2.06. The molecule has 56 valence electrons. The van der Waals surface area contributed by atoms with Crippen LogP contribution in [0, 0.1) is 0 Å². The number of nitrogens with zero attached hydrogens (tertiary/aromatic N) is 1. The third kappa shape index (κ3) is 2.86. The Bertz CT molecular complexity index is 270. The molecular weight excluding hydrogens is 226 g/mol. The molecule has 0 aliphatic rings. The van der Waals surface area contributed by atoms with Crippen LogP contribution in [0.3, 0.4) is 0 Å². The number of hydrogen-bond acceptors (Lipinski definition) is 2. The highest BCUT2D eigenvalue weighted by Gasteiger charge is 1.90. The maximum absolute atomic E-state index is 9.93. The molecule has 0 heterocycles. The van der Waals surface area contributed by atoms with E-state index in [4.69, 9.17) is 0 Å². The predicted octanol–water partition coefficient (Wildman–Crippen LogP) is 2.54. The van der Waals surface area contributed by atoms with Gasteiger partial charge in [0.1, 0.15) is 0 Å². The zero-order chi connectivity index (χ0) is 8.10. The van der Waals surface area contributed by atoms with E-state index >= 15 is 0 Å². The monoisotopic (exact) mass is 230 g/mol. The van der Waals surface area contributed by atoms with Crippen LogP contribution in [0.1, 0.15) is 0 Å². The van der Waals surface area contributed by atoms with Gasteiger partial charge in [0.2, 0.25) is 0 Å². The Balaban J connectivity index is 2.81. The zero-order valence-electron chi connectivity index (χ0n) is 5.53. The van der Waals surface area contributed by atoms with Gasteiger partial charge in [-0.3, -0.25) is 0 Å². The third-order valence-corrected chi connectivity index (χ3v) is 1.79. The van der Waals surface area contributed by atoms with E-state index in [1.54, 1.807) is 0 Å². The Morgan fingerprint density at radius 3 is 2.55 bits per heavy atom. The topological polar surface area (TPSA) is 29.4 Å². The molecule has 0 radical (unpaired) electrons. The van der Waals surface area contributed by atoms with E-state index < -0.39 is 0 Å². The van der Waals surface area contributed by atoms with Crippen molar-refractivity contribution in [3.8, 4) is 0 Å². The fourth-order valence-electron chi connectivity index (χ4n) is 0.610. The molecule has 2 nitrogen and oxygen atoms in total. The Hall–Kier alpha value is -0.610. The van der Waals surface area contributed by atoms with Gasteiger partial charge < -0.3 is 0 Å². The summed E-state index contributed by atoms with van der Waals surface area (Å²) in [6.45, 7) is 0. The van der Waals surface area contributed by atoms with E-state index in [1.165, 1.54) is 5.55 Å². The lowest BCUT2D eigenvalue weighted by Crippen LogP contribution is -1.67. The highest BCUT2D eigenvalue weighted by Crippen LogP contribution is 2.15. The van der Waals surface area contributed by atoms with Crippen molar-refractivity contribution >= 4 is 38.8 Å². The Labute approximate surface area is 77.0 Å². The van der Waals surface area contributed by atoms with Crippen molar-refractivity contribution in [2.45, 2.75) is 0 Å². The van der Waals surface area contributed by atoms with E-state index in [2.05, 4.69) is 20.9 Å². The molecule has 0 fully saturated rings. The number of rotatable bonds is 2. The normalized spacial score (nSPS) is 10.3. The summed E-state index contributed by atoms with van der Waals surface area (Å²) < 4.78 is 10.9. The van der Waals surface area contributed by atoms with Gasteiger partial charge in [-0.2, -0.15) is 4.99 Å². The molecule has 0 N–H and O–H groups in total. The summed E-state index contributed by atoms with van der Waals surface area (Å²) in [6.07, 6.45) is 0. The SMILES string of the molecule is O=[S+]C=Nc1ccc(Br)cc1. The first kappa shape index (κ1) is 8.49. The minimum Gasteiger partial charge on any atom is -0.197 e. The molecule has 0 unspecified atom stereocenters. The predicted molar refractivity (Wildman–Crippen MR) is 50.3 cm³/mol. The van der Waals surface area contributed by atoms with Gasteiger partial charge in [0, 0.05) is 8.68 Å². The van der Waals surface area contributed by atoms with Crippen LogP contribution in [-0.2, 0) is 15.9 Å². The van der Waals surface area contributed by atoms with Crippen LogP contribution in [-0.4, -0.2) is 5.55 Å². The molecule has 1 rings (SSSR count). The van der Waals surface area contributed by atoms with Crippen LogP contribution in [0.5, 0.6) is 0 Å². The number of benzene rings is 1. The quantitative estimate of drug-likeness (QED) is 0.437. The lowest BCUT2D eigenvalue weighted by Gasteiger charge is -1.88. The minimum atomic E-state index is 0.347. The van der Waals surface area contributed by atoms with E-state index in [9.17, 15) is 4.21 Å². The van der Waals surface area contributed by atoms with Gasteiger partial charge in [-0.15, -0.1) is 0 Å². The van der Waals surface area contributed by atoms with Crippen molar-refractivity contribution in [1.29, 1.82) is 0 Å². The van der Waals surface area contributed by atoms with Gasteiger partial charge in [-0.1, -0.05) is 15.9 Å². The molecular formula is C7H5BrNOS+. The number of hydrogen-bond donors (Lipinski definition) is 0. The lowest BCUT2D eigenvalue weighted by molar-refractivity contribution is 0.610. The smallest absolute Gasteiger partial charge is 0.197 e. The van der Waals surface area contributed by atoms with Gasteiger partial charge in [0.25, 0.3) is 0 Å². The summed E-state index contributed by atoms with van der Waals surface area (Å²) in [6, 6.07) is 7.41. The second-order valence-electron chi connectivity index (χ2n) is 1.81. The minimum absolute atomic E-state index is 0.347. The first-order valence-corrected chi connectivity index (χ1v) is 4.49. The highest BCUT2D eigenvalue weighted by atomic mass is 79.9. The summed E-state index contributed by atoms with van der Waals surface area (Å²) in [5, 5.41) is 0. The van der Waals surface area contributed by atoms with Crippen molar-refractivity contribution in [2.75, 3.05) is 0 Å². The summed E-state index contributed by atoms with van der Waals surface area (Å²) in [7, 11) is 0. The van der Waals surface area contributed by atoms with Crippen LogP contribution in [0.4, 0.5) is 5.69 Å². The largest absolute Gasteiger partial charge is 0.518 e. The van der Waals surface area contributed by atoms with E-state index in [-0.39, 0.29) is 0 Å². The molecule has 0 aromatic heterocycles. The van der Waals surface area contributed by atoms with E-state index in [1.807, 2.05) is 24.3 Å². The molecule has 0 atom stereocenters.